The third-order valence-electron chi connectivity index (χ3n) is 3.99. The molecule has 2 heterocycles. The molecule has 2 aliphatic rings. The van der Waals surface area contributed by atoms with Crippen molar-refractivity contribution in [3.8, 4) is 0 Å². The van der Waals surface area contributed by atoms with Gasteiger partial charge in [0.1, 0.15) is 5.04 Å². The first-order valence-corrected chi connectivity index (χ1v) is 8.98. The van der Waals surface area contributed by atoms with Crippen LogP contribution >= 0.6 is 23.4 Å². The van der Waals surface area contributed by atoms with Crippen LogP contribution in [0, 0.1) is 11.3 Å². The average Bonchev–Trinajstić information content (AvgIpc) is 2.98. The van der Waals surface area contributed by atoms with E-state index in [1.165, 1.54) is 16.8 Å². The van der Waals surface area contributed by atoms with Gasteiger partial charge < -0.3 is 0 Å². The fraction of sp³-hybridized carbons (Fsp3) is 0.294. The first-order chi connectivity index (χ1) is 11.5. The largest absolute Gasteiger partial charge is 0.283 e. The summed E-state index contributed by atoms with van der Waals surface area (Å²) in [5, 5.41) is 16.3. The van der Waals surface area contributed by atoms with Crippen LogP contribution in [-0.2, 0) is 4.79 Å². The van der Waals surface area contributed by atoms with Crippen LogP contribution in [0.2, 0.25) is 5.02 Å². The molecule has 0 bridgehead atoms. The highest BCUT2D eigenvalue weighted by molar-refractivity contribution is 8.27. The lowest BCUT2D eigenvalue weighted by atomic mass is 10.1. The Bertz CT molecular complexity index is 778. The molecule has 0 radical (unpaired) electrons. The Balaban J connectivity index is 1.93. The number of benzene rings is 1. The summed E-state index contributed by atoms with van der Waals surface area (Å²) in [6.45, 7) is 4.22. The smallest absolute Gasteiger partial charge is 0.282 e. The molecule has 5 nitrogen and oxygen atoms in total. The minimum Gasteiger partial charge on any atom is -0.282 e. The lowest BCUT2D eigenvalue weighted by Gasteiger charge is -2.20. The molecule has 0 aromatic heterocycles. The summed E-state index contributed by atoms with van der Waals surface area (Å²) < 4.78 is 0. The van der Waals surface area contributed by atoms with E-state index in [9.17, 15) is 4.79 Å². The molecular weight excluding hydrogens is 344 g/mol. The van der Waals surface area contributed by atoms with Crippen LogP contribution in [0.25, 0.3) is 6.08 Å². The molecule has 3 rings (SSSR count). The molecule has 0 fully saturated rings. The van der Waals surface area contributed by atoms with Crippen LogP contribution < -0.4 is 0 Å². The lowest BCUT2D eigenvalue weighted by Crippen LogP contribution is -2.35. The van der Waals surface area contributed by atoms with E-state index in [0.717, 1.165) is 23.4 Å². The van der Waals surface area contributed by atoms with Crippen molar-refractivity contribution in [3.63, 3.8) is 0 Å². The van der Waals surface area contributed by atoms with Gasteiger partial charge in [-0.3, -0.25) is 10.2 Å². The number of aliphatic imine (C=N–C) groups is 1. The van der Waals surface area contributed by atoms with E-state index in [1.54, 1.807) is 30.3 Å². The van der Waals surface area contributed by atoms with E-state index in [0.29, 0.717) is 16.1 Å². The number of thioether (sulfide) groups is 1. The highest BCUT2D eigenvalue weighted by atomic mass is 35.5. The summed E-state index contributed by atoms with van der Waals surface area (Å²) in [5.41, 5.74) is 1.03. The standard InChI is InChI=1S/C17H17ClN4OS/c1-3-11(4-2)16-21-22-14(19)13(15(23)20-17(22)24-16)9-10-5-7-12(18)8-6-10/h5-9,11,19H,3-4H2,1-2H3. The Kier molecular flexibility index (Phi) is 4.87. The Hall–Kier alpha value is -1.92. The lowest BCUT2D eigenvalue weighted by molar-refractivity contribution is -0.114. The Morgan fingerprint density at radius 1 is 1.29 bits per heavy atom. The number of nitrogens with zero attached hydrogens (tertiary/aromatic N) is 3. The van der Waals surface area contributed by atoms with Crippen molar-refractivity contribution >= 4 is 51.4 Å². The minimum absolute atomic E-state index is 0.0633. The van der Waals surface area contributed by atoms with E-state index < -0.39 is 5.91 Å². The minimum atomic E-state index is -0.408. The number of amidine groups is 2. The predicted molar refractivity (Wildman–Crippen MR) is 101 cm³/mol. The fourth-order valence-corrected chi connectivity index (χ4v) is 3.82. The second-order valence-corrected chi connectivity index (χ2v) is 6.95. The summed E-state index contributed by atoms with van der Waals surface area (Å²) in [6, 6.07) is 7.09. The average molecular weight is 361 g/mol. The van der Waals surface area contributed by atoms with Crippen LogP contribution in [0.3, 0.4) is 0 Å². The van der Waals surface area contributed by atoms with Crippen LogP contribution in [0.5, 0.6) is 0 Å². The monoisotopic (exact) mass is 360 g/mol. The van der Waals surface area contributed by atoms with E-state index in [4.69, 9.17) is 17.0 Å². The number of amides is 1. The van der Waals surface area contributed by atoms with Gasteiger partial charge in [0.15, 0.2) is 5.84 Å². The third-order valence-corrected chi connectivity index (χ3v) is 5.31. The van der Waals surface area contributed by atoms with Gasteiger partial charge in [0.05, 0.1) is 5.57 Å². The van der Waals surface area contributed by atoms with Gasteiger partial charge in [-0.05, 0) is 48.4 Å². The van der Waals surface area contributed by atoms with Gasteiger partial charge in [-0.1, -0.05) is 37.6 Å². The van der Waals surface area contributed by atoms with Gasteiger partial charge in [-0.25, -0.2) is 0 Å². The first kappa shape index (κ1) is 16.9. The second-order valence-electron chi connectivity index (χ2n) is 5.52. The summed E-state index contributed by atoms with van der Waals surface area (Å²) in [7, 11) is 0. The maximum absolute atomic E-state index is 12.3. The molecule has 0 unspecified atom stereocenters. The number of carbonyl (C=O) groups is 1. The quantitative estimate of drug-likeness (QED) is 0.809. The third kappa shape index (κ3) is 3.16. The van der Waals surface area contributed by atoms with Crippen molar-refractivity contribution in [2.24, 2.45) is 16.0 Å². The van der Waals surface area contributed by atoms with Crippen molar-refractivity contribution in [1.82, 2.24) is 5.01 Å². The van der Waals surface area contributed by atoms with Crippen LogP contribution in [-0.4, -0.2) is 27.0 Å². The number of hydrogen-bond donors (Lipinski definition) is 1. The number of rotatable bonds is 4. The first-order valence-electron chi connectivity index (χ1n) is 7.79. The Morgan fingerprint density at radius 2 is 1.96 bits per heavy atom. The van der Waals surface area contributed by atoms with Gasteiger partial charge in [-0.15, -0.1) is 0 Å². The Morgan fingerprint density at radius 3 is 2.58 bits per heavy atom. The molecule has 1 aromatic carbocycles. The van der Waals surface area contributed by atoms with Gasteiger partial charge in [0.2, 0.25) is 5.17 Å². The van der Waals surface area contributed by atoms with E-state index in [1.807, 2.05) is 0 Å². The molecule has 0 aliphatic carbocycles. The number of hydrogen-bond acceptors (Lipinski definition) is 4. The number of carbonyl (C=O) groups excluding carboxylic acids is 1. The molecule has 1 amide bonds. The molecule has 1 N–H and O–H groups in total. The summed E-state index contributed by atoms with van der Waals surface area (Å²) in [4.78, 5) is 16.4. The SMILES string of the molecule is CCC(CC)C1=NN2C(=N)C(=Cc3ccc(Cl)cc3)C(=O)N=C2S1. The van der Waals surface area contributed by atoms with Crippen molar-refractivity contribution < 1.29 is 4.79 Å². The molecule has 7 heteroatoms. The molecule has 1 aromatic rings. The normalized spacial score (nSPS) is 19.0. The molecule has 0 saturated heterocycles. The van der Waals surface area contributed by atoms with E-state index in [-0.39, 0.29) is 11.4 Å². The van der Waals surface area contributed by atoms with E-state index >= 15 is 0 Å². The number of halogens is 1. The number of hydrazone groups is 1. The van der Waals surface area contributed by atoms with Crippen LogP contribution in [0.15, 0.2) is 39.9 Å². The molecule has 0 saturated carbocycles. The zero-order valence-corrected chi connectivity index (χ0v) is 15.0. The molecular formula is C17H17ClN4OS. The van der Waals surface area contributed by atoms with Crippen molar-refractivity contribution in [2.45, 2.75) is 26.7 Å². The molecule has 124 valence electrons. The van der Waals surface area contributed by atoms with Gasteiger partial charge in [0.25, 0.3) is 5.91 Å². The number of nitrogens with one attached hydrogen (secondary N) is 1. The molecule has 2 aliphatic heterocycles. The summed E-state index contributed by atoms with van der Waals surface area (Å²) in [5.74, 6) is -0.0157. The zero-order valence-electron chi connectivity index (χ0n) is 13.4. The maximum Gasteiger partial charge on any atom is 0.283 e. The number of fused-ring (bicyclic) bond motifs is 1. The zero-order chi connectivity index (χ0) is 17.3. The second kappa shape index (κ2) is 6.91. The maximum atomic E-state index is 12.3. The predicted octanol–water partition coefficient (Wildman–Crippen LogP) is 4.40. The fourth-order valence-electron chi connectivity index (χ4n) is 2.54. The molecule has 24 heavy (non-hydrogen) atoms. The van der Waals surface area contributed by atoms with Gasteiger partial charge in [-0.2, -0.15) is 15.1 Å². The van der Waals surface area contributed by atoms with Crippen molar-refractivity contribution in [1.29, 1.82) is 5.41 Å². The van der Waals surface area contributed by atoms with Crippen molar-refractivity contribution in [3.05, 3.63) is 40.4 Å². The highest BCUT2D eigenvalue weighted by Gasteiger charge is 2.37. The van der Waals surface area contributed by atoms with Crippen LogP contribution in [0.1, 0.15) is 32.3 Å². The molecule has 0 atom stereocenters. The molecule has 0 spiro atoms. The Labute approximate surface area is 150 Å². The topological polar surface area (TPSA) is 68.9 Å². The summed E-state index contributed by atoms with van der Waals surface area (Å²) >= 11 is 7.27. The highest BCUT2D eigenvalue weighted by Crippen LogP contribution is 2.32. The summed E-state index contributed by atoms with van der Waals surface area (Å²) in [6.07, 6.45) is 3.59. The van der Waals surface area contributed by atoms with Crippen molar-refractivity contribution in [2.75, 3.05) is 0 Å². The van der Waals surface area contributed by atoms with Gasteiger partial charge >= 0.3 is 0 Å². The van der Waals surface area contributed by atoms with E-state index in [2.05, 4.69) is 23.9 Å². The van der Waals surface area contributed by atoms with Crippen LogP contribution in [0.4, 0.5) is 0 Å². The van der Waals surface area contributed by atoms with Gasteiger partial charge in [0, 0.05) is 10.9 Å².